The second-order valence-electron chi connectivity index (χ2n) is 5.52. The van der Waals surface area contributed by atoms with Crippen molar-refractivity contribution in [1.82, 2.24) is 4.31 Å². The molecule has 4 nitrogen and oxygen atoms in total. The number of sulfonamides is 1. The summed E-state index contributed by atoms with van der Waals surface area (Å²) >= 11 is 3.35. The van der Waals surface area contributed by atoms with E-state index in [-0.39, 0.29) is 17.8 Å². The standard InChI is InChI=1S/C13H21BrN2O2S.ClH/c1-10-6-5-7-11(12(10)14)19(17,18)16(4)9-13(2,3)8-15;/h5-7H,8-9,15H2,1-4H3;1H. The molecule has 0 radical (unpaired) electrons. The molecule has 0 spiro atoms. The molecule has 20 heavy (non-hydrogen) atoms. The number of benzene rings is 1. The summed E-state index contributed by atoms with van der Waals surface area (Å²) in [6.07, 6.45) is 0. The van der Waals surface area contributed by atoms with Gasteiger partial charge in [-0.25, -0.2) is 12.7 Å². The van der Waals surface area contributed by atoms with E-state index >= 15 is 0 Å². The highest BCUT2D eigenvalue weighted by atomic mass is 79.9. The Balaban J connectivity index is 0.00000361. The van der Waals surface area contributed by atoms with Gasteiger partial charge < -0.3 is 5.73 Å². The molecule has 1 rings (SSSR count). The van der Waals surface area contributed by atoms with E-state index in [0.717, 1.165) is 5.56 Å². The summed E-state index contributed by atoms with van der Waals surface area (Å²) in [4.78, 5) is 0.294. The molecule has 0 aromatic heterocycles. The third kappa shape index (κ3) is 4.43. The maximum Gasteiger partial charge on any atom is 0.243 e. The first kappa shape index (κ1) is 19.9. The van der Waals surface area contributed by atoms with Gasteiger partial charge in [0.1, 0.15) is 0 Å². The van der Waals surface area contributed by atoms with Crippen molar-refractivity contribution in [2.24, 2.45) is 11.1 Å². The van der Waals surface area contributed by atoms with Crippen LogP contribution < -0.4 is 5.73 Å². The maximum absolute atomic E-state index is 12.6. The van der Waals surface area contributed by atoms with E-state index in [0.29, 0.717) is 22.5 Å². The Labute approximate surface area is 136 Å². The quantitative estimate of drug-likeness (QED) is 0.847. The number of hydrogen-bond acceptors (Lipinski definition) is 3. The lowest BCUT2D eigenvalue weighted by molar-refractivity contribution is 0.292. The van der Waals surface area contributed by atoms with Crippen LogP contribution in [0.4, 0.5) is 0 Å². The van der Waals surface area contributed by atoms with Gasteiger partial charge in [-0.15, -0.1) is 12.4 Å². The monoisotopic (exact) mass is 384 g/mol. The molecule has 2 N–H and O–H groups in total. The van der Waals surface area contributed by atoms with Crippen molar-refractivity contribution in [3.8, 4) is 0 Å². The summed E-state index contributed by atoms with van der Waals surface area (Å²) in [5.41, 5.74) is 6.30. The molecule has 1 aromatic rings. The van der Waals surface area contributed by atoms with E-state index in [1.165, 1.54) is 4.31 Å². The van der Waals surface area contributed by atoms with Gasteiger partial charge in [0.15, 0.2) is 0 Å². The van der Waals surface area contributed by atoms with Crippen molar-refractivity contribution in [2.45, 2.75) is 25.7 Å². The van der Waals surface area contributed by atoms with Crippen LogP contribution in [0.25, 0.3) is 0 Å². The molecule has 0 atom stereocenters. The van der Waals surface area contributed by atoms with Gasteiger partial charge in [0, 0.05) is 18.1 Å². The number of nitrogens with zero attached hydrogens (tertiary/aromatic N) is 1. The van der Waals surface area contributed by atoms with Crippen LogP contribution in [0.15, 0.2) is 27.6 Å². The number of aryl methyl sites for hydroxylation is 1. The lowest BCUT2D eigenvalue weighted by Gasteiger charge is -2.28. The minimum Gasteiger partial charge on any atom is -0.330 e. The van der Waals surface area contributed by atoms with Gasteiger partial charge in [0.25, 0.3) is 0 Å². The lowest BCUT2D eigenvalue weighted by atomic mass is 9.94. The average Bonchev–Trinajstić information content (AvgIpc) is 2.31. The van der Waals surface area contributed by atoms with Gasteiger partial charge in [-0.3, -0.25) is 0 Å². The minimum atomic E-state index is -3.50. The first-order valence-corrected chi connectivity index (χ1v) is 8.26. The molecule has 0 aliphatic carbocycles. The van der Waals surface area contributed by atoms with Crippen molar-refractivity contribution in [1.29, 1.82) is 0 Å². The second-order valence-corrected chi connectivity index (χ2v) is 8.32. The van der Waals surface area contributed by atoms with Crippen LogP contribution in [0.2, 0.25) is 0 Å². The van der Waals surface area contributed by atoms with Crippen molar-refractivity contribution in [3.05, 3.63) is 28.2 Å². The van der Waals surface area contributed by atoms with Crippen LogP contribution in [0.1, 0.15) is 19.4 Å². The zero-order valence-corrected chi connectivity index (χ0v) is 15.4. The van der Waals surface area contributed by atoms with Crippen LogP contribution >= 0.6 is 28.3 Å². The number of rotatable bonds is 5. The van der Waals surface area contributed by atoms with Crippen LogP contribution in [-0.2, 0) is 10.0 Å². The summed E-state index contributed by atoms with van der Waals surface area (Å²) in [5.74, 6) is 0. The van der Waals surface area contributed by atoms with Crippen molar-refractivity contribution in [3.63, 3.8) is 0 Å². The fraction of sp³-hybridized carbons (Fsp3) is 0.538. The molecule has 0 saturated carbocycles. The van der Waals surface area contributed by atoms with E-state index in [4.69, 9.17) is 5.73 Å². The Morgan fingerprint density at radius 2 is 1.90 bits per heavy atom. The average molecular weight is 386 g/mol. The van der Waals surface area contributed by atoms with Gasteiger partial charge in [0.05, 0.1) is 4.90 Å². The zero-order valence-electron chi connectivity index (χ0n) is 12.2. The Kier molecular flexibility index (Phi) is 7.17. The largest absolute Gasteiger partial charge is 0.330 e. The molecule has 0 unspecified atom stereocenters. The van der Waals surface area contributed by atoms with Crippen LogP contribution in [0.5, 0.6) is 0 Å². The topological polar surface area (TPSA) is 63.4 Å². The summed E-state index contributed by atoms with van der Waals surface area (Å²) in [5, 5.41) is 0. The fourth-order valence-corrected chi connectivity index (χ4v) is 4.11. The molecule has 0 saturated heterocycles. The van der Waals surface area contributed by atoms with E-state index in [1.807, 2.05) is 26.8 Å². The molecule has 0 bridgehead atoms. The van der Waals surface area contributed by atoms with Crippen LogP contribution in [-0.4, -0.2) is 32.9 Å². The van der Waals surface area contributed by atoms with E-state index in [9.17, 15) is 8.42 Å². The summed E-state index contributed by atoms with van der Waals surface area (Å²) in [6.45, 7) is 6.58. The van der Waals surface area contributed by atoms with Gasteiger partial charge in [0.2, 0.25) is 10.0 Å². The molecule has 7 heteroatoms. The first-order chi connectivity index (χ1) is 8.62. The molecule has 1 aromatic carbocycles. The molecule has 116 valence electrons. The maximum atomic E-state index is 12.6. The molecule has 0 heterocycles. The molecular formula is C13H22BrClN2O2S. The highest BCUT2D eigenvalue weighted by Crippen LogP contribution is 2.28. The molecular weight excluding hydrogens is 364 g/mol. The predicted molar refractivity (Wildman–Crippen MR) is 88.8 cm³/mol. The molecule has 0 fully saturated rings. The van der Waals surface area contributed by atoms with Crippen LogP contribution in [0, 0.1) is 12.3 Å². The summed E-state index contributed by atoms with van der Waals surface area (Å²) in [6, 6.07) is 5.22. The second kappa shape index (κ2) is 7.22. The highest BCUT2D eigenvalue weighted by molar-refractivity contribution is 9.10. The molecule has 0 aliphatic heterocycles. The zero-order chi connectivity index (χ0) is 14.8. The Morgan fingerprint density at radius 1 is 1.35 bits per heavy atom. The lowest BCUT2D eigenvalue weighted by Crippen LogP contribution is -2.39. The molecule has 0 aliphatic rings. The number of nitrogens with two attached hydrogens (primary N) is 1. The van der Waals surface area contributed by atoms with Gasteiger partial charge in [-0.2, -0.15) is 0 Å². The predicted octanol–water partition coefficient (Wildman–Crippen LogP) is 2.78. The Morgan fingerprint density at radius 3 is 2.40 bits per heavy atom. The van der Waals surface area contributed by atoms with Gasteiger partial charge in [-0.1, -0.05) is 26.0 Å². The minimum absolute atomic E-state index is 0. The third-order valence-corrected chi connectivity index (χ3v) is 6.21. The Hall–Kier alpha value is -0.140. The first-order valence-electron chi connectivity index (χ1n) is 6.03. The third-order valence-electron chi connectivity index (χ3n) is 3.05. The summed E-state index contributed by atoms with van der Waals surface area (Å²) < 4.78 is 27.1. The smallest absolute Gasteiger partial charge is 0.243 e. The van der Waals surface area contributed by atoms with Crippen molar-refractivity contribution >= 4 is 38.4 Å². The van der Waals surface area contributed by atoms with E-state index < -0.39 is 10.0 Å². The SMILES string of the molecule is Cc1cccc(S(=O)(=O)N(C)CC(C)(C)CN)c1Br.Cl. The summed E-state index contributed by atoms with van der Waals surface area (Å²) in [7, 11) is -1.92. The van der Waals surface area contributed by atoms with Crippen molar-refractivity contribution in [2.75, 3.05) is 20.1 Å². The van der Waals surface area contributed by atoms with E-state index in [1.54, 1.807) is 19.2 Å². The highest BCUT2D eigenvalue weighted by Gasteiger charge is 2.28. The number of hydrogen-bond donors (Lipinski definition) is 1. The van der Waals surface area contributed by atoms with Crippen LogP contribution in [0.3, 0.4) is 0 Å². The fourth-order valence-electron chi connectivity index (χ4n) is 1.74. The van der Waals surface area contributed by atoms with Crippen molar-refractivity contribution < 1.29 is 8.42 Å². The number of halogens is 2. The normalized spacial score (nSPS) is 12.3. The van der Waals surface area contributed by atoms with Gasteiger partial charge in [-0.05, 0) is 46.4 Å². The van der Waals surface area contributed by atoms with E-state index in [2.05, 4.69) is 15.9 Å². The Bertz CT molecular complexity index is 561. The van der Waals surface area contributed by atoms with Gasteiger partial charge >= 0.3 is 0 Å². The molecule has 0 amide bonds.